The van der Waals surface area contributed by atoms with E-state index in [1.54, 1.807) is 18.2 Å². The number of sulfonamides is 1. The lowest BCUT2D eigenvalue weighted by molar-refractivity contribution is -0.117. The normalized spacial score (nSPS) is 16.4. The van der Waals surface area contributed by atoms with Crippen LogP contribution in [0.3, 0.4) is 0 Å². The van der Waals surface area contributed by atoms with Gasteiger partial charge in [0.25, 0.3) is 0 Å². The average Bonchev–Trinajstić information content (AvgIpc) is 3.14. The molecule has 1 aliphatic rings. The molecule has 1 atom stereocenters. The Morgan fingerprint density at radius 2 is 1.90 bits per heavy atom. The molecule has 2 heterocycles. The highest BCUT2D eigenvalue weighted by Crippen LogP contribution is 2.36. The lowest BCUT2D eigenvalue weighted by Gasteiger charge is -2.26. The fourth-order valence-electron chi connectivity index (χ4n) is 3.60. The predicted octanol–water partition coefficient (Wildman–Crippen LogP) is 2.40. The first-order valence-corrected chi connectivity index (χ1v) is 12.3. The molecule has 164 valence electrons. The smallest absolute Gasteiger partial charge is 0.243 e. The summed E-state index contributed by atoms with van der Waals surface area (Å²) in [7, 11) is -3.62. The number of aryl methyl sites for hydroxylation is 1. The number of nitrogens with two attached hydrogens (primary N) is 1. The standard InChI is InChI=1S/C21H24N4O4S2/c1-2-25-18-9-8-16(31(27,28)24-10-12-29-13-11-24)14-17(18)23-21(25)30-19(20(22)26)15-6-4-3-5-7-15/h3-9,14,19H,2,10-13H2,1H3,(H2,22,26). The number of primary amides is 1. The number of nitrogens with zero attached hydrogens (tertiary/aromatic N) is 3. The number of ether oxygens (including phenoxy) is 1. The number of carbonyl (C=O) groups excluding carboxylic acids is 1. The molecule has 0 aliphatic carbocycles. The van der Waals surface area contributed by atoms with Crippen LogP contribution in [0.15, 0.2) is 58.6 Å². The van der Waals surface area contributed by atoms with Crippen LogP contribution >= 0.6 is 11.8 Å². The summed E-state index contributed by atoms with van der Waals surface area (Å²) < 4.78 is 34.7. The minimum absolute atomic E-state index is 0.203. The third kappa shape index (κ3) is 4.33. The molecule has 2 N–H and O–H groups in total. The SMILES string of the molecule is CCn1c(SC(C(N)=O)c2ccccc2)nc2cc(S(=O)(=O)N3CCOCC3)ccc21. The Hall–Kier alpha value is -2.40. The van der Waals surface area contributed by atoms with E-state index in [0.29, 0.717) is 43.5 Å². The first-order chi connectivity index (χ1) is 14.9. The van der Waals surface area contributed by atoms with Gasteiger partial charge in [0.1, 0.15) is 5.25 Å². The Labute approximate surface area is 185 Å². The number of carbonyl (C=O) groups is 1. The molecule has 8 nitrogen and oxygen atoms in total. The first kappa shape index (κ1) is 21.8. The van der Waals surface area contributed by atoms with Crippen LogP contribution in [-0.2, 0) is 26.1 Å². The quantitative estimate of drug-likeness (QED) is 0.543. The Balaban J connectivity index is 1.71. The van der Waals surface area contributed by atoms with Crippen molar-refractivity contribution in [1.29, 1.82) is 0 Å². The third-order valence-corrected chi connectivity index (χ3v) is 8.35. The number of hydrogen-bond donors (Lipinski definition) is 1. The molecule has 4 rings (SSSR count). The van der Waals surface area contributed by atoms with E-state index in [0.717, 1.165) is 11.1 Å². The van der Waals surface area contributed by atoms with Gasteiger partial charge in [-0.15, -0.1) is 0 Å². The van der Waals surface area contributed by atoms with Crippen LogP contribution in [0.25, 0.3) is 11.0 Å². The van der Waals surface area contributed by atoms with E-state index in [-0.39, 0.29) is 4.90 Å². The van der Waals surface area contributed by atoms with Gasteiger partial charge in [-0.2, -0.15) is 4.31 Å². The summed E-state index contributed by atoms with van der Waals surface area (Å²) in [5, 5.41) is 0.0194. The van der Waals surface area contributed by atoms with Crippen LogP contribution < -0.4 is 5.73 Å². The van der Waals surface area contributed by atoms with Crippen molar-refractivity contribution in [3.8, 4) is 0 Å². The van der Waals surface area contributed by atoms with E-state index in [2.05, 4.69) is 4.98 Å². The minimum Gasteiger partial charge on any atom is -0.379 e. The number of thioether (sulfide) groups is 1. The van der Waals surface area contributed by atoms with Crippen LogP contribution in [0.1, 0.15) is 17.7 Å². The number of morpholine rings is 1. The number of benzene rings is 2. The van der Waals surface area contributed by atoms with Gasteiger partial charge in [-0.05, 0) is 30.7 Å². The highest BCUT2D eigenvalue weighted by atomic mass is 32.2. The van der Waals surface area contributed by atoms with Crippen LogP contribution in [0, 0.1) is 0 Å². The van der Waals surface area contributed by atoms with Gasteiger partial charge in [0.15, 0.2) is 5.16 Å². The minimum atomic E-state index is -3.62. The van der Waals surface area contributed by atoms with Crippen molar-refractivity contribution in [2.24, 2.45) is 5.73 Å². The molecule has 31 heavy (non-hydrogen) atoms. The summed E-state index contributed by atoms with van der Waals surface area (Å²) >= 11 is 1.27. The summed E-state index contributed by atoms with van der Waals surface area (Å²) in [6.07, 6.45) is 0. The monoisotopic (exact) mass is 460 g/mol. The van der Waals surface area contributed by atoms with Crippen LogP contribution in [0.2, 0.25) is 0 Å². The van der Waals surface area contributed by atoms with Crippen LogP contribution in [-0.4, -0.2) is 54.5 Å². The second-order valence-corrected chi connectivity index (χ2v) is 10.1. The zero-order valence-corrected chi connectivity index (χ0v) is 18.7. The highest BCUT2D eigenvalue weighted by molar-refractivity contribution is 8.00. The van der Waals surface area contributed by atoms with E-state index in [9.17, 15) is 13.2 Å². The van der Waals surface area contributed by atoms with E-state index in [1.807, 2.05) is 41.8 Å². The lowest BCUT2D eigenvalue weighted by Crippen LogP contribution is -2.40. The van der Waals surface area contributed by atoms with Gasteiger partial charge in [-0.1, -0.05) is 42.1 Å². The molecule has 1 fully saturated rings. The molecule has 0 radical (unpaired) electrons. The van der Waals surface area contributed by atoms with Crippen molar-refractivity contribution in [3.63, 3.8) is 0 Å². The van der Waals surface area contributed by atoms with Gasteiger partial charge < -0.3 is 15.0 Å². The fourth-order valence-corrected chi connectivity index (χ4v) is 6.16. The third-order valence-electron chi connectivity index (χ3n) is 5.19. The summed E-state index contributed by atoms with van der Waals surface area (Å²) in [6, 6.07) is 14.3. The zero-order valence-electron chi connectivity index (χ0n) is 17.1. The van der Waals surface area contributed by atoms with Crippen LogP contribution in [0.4, 0.5) is 0 Å². The number of fused-ring (bicyclic) bond motifs is 1. The predicted molar refractivity (Wildman–Crippen MR) is 119 cm³/mol. The summed E-state index contributed by atoms with van der Waals surface area (Å²) in [5.41, 5.74) is 7.84. The molecule has 1 saturated heterocycles. The summed E-state index contributed by atoms with van der Waals surface area (Å²) in [4.78, 5) is 17.0. The largest absolute Gasteiger partial charge is 0.379 e. The number of imidazole rings is 1. The number of hydrogen-bond acceptors (Lipinski definition) is 6. The van der Waals surface area contributed by atoms with Crippen molar-refractivity contribution in [2.75, 3.05) is 26.3 Å². The van der Waals surface area contributed by atoms with Gasteiger partial charge in [-0.3, -0.25) is 4.79 Å². The molecular weight excluding hydrogens is 436 g/mol. The maximum atomic E-state index is 13.0. The average molecular weight is 461 g/mol. The van der Waals surface area contributed by atoms with E-state index >= 15 is 0 Å². The second-order valence-electron chi connectivity index (χ2n) is 7.12. The van der Waals surface area contributed by atoms with E-state index in [1.165, 1.54) is 16.1 Å². The van der Waals surface area contributed by atoms with Gasteiger partial charge in [0.2, 0.25) is 15.9 Å². The number of aromatic nitrogens is 2. The molecule has 10 heteroatoms. The molecule has 0 saturated carbocycles. The van der Waals surface area contributed by atoms with Gasteiger partial charge in [0.05, 0.1) is 29.1 Å². The Morgan fingerprint density at radius 1 is 1.19 bits per heavy atom. The van der Waals surface area contributed by atoms with Gasteiger partial charge >= 0.3 is 0 Å². The zero-order chi connectivity index (χ0) is 22.0. The second kappa shape index (κ2) is 8.99. The highest BCUT2D eigenvalue weighted by Gasteiger charge is 2.28. The summed E-state index contributed by atoms with van der Waals surface area (Å²) in [6.45, 7) is 4.05. The molecule has 1 aliphatic heterocycles. The van der Waals surface area contributed by atoms with Crippen LogP contribution in [0.5, 0.6) is 0 Å². The maximum Gasteiger partial charge on any atom is 0.243 e. The van der Waals surface area contributed by atoms with Crippen molar-refractivity contribution >= 4 is 38.7 Å². The molecule has 0 bridgehead atoms. The molecule has 3 aromatic rings. The Bertz CT molecular complexity index is 1190. The van der Waals surface area contributed by atoms with Gasteiger partial charge in [-0.25, -0.2) is 13.4 Å². The van der Waals surface area contributed by atoms with Crippen molar-refractivity contribution < 1.29 is 17.9 Å². The molecule has 2 aromatic carbocycles. The Kier molecular flexibility index (Phi) is 6.33. The van der Waals surface area contributed by atoms with Crippen molar-refractivity contribution in [1.82, 2.24) is 13.9 Å². The van der Waals surface area contributed by atoms with E-state index in [4.69, 9.17) is 10.5 Å². The molecule has 1 aromatic heterocycles. The first-order valence-electron chi connectivity index (χ1n) is 10.0. The number of rotatable bonds is 7. The van der Waals surface area contributed by atoms with Gasteiger partial charge in [0, 0.05) is 19.6 Å². The topological polar surface area (TPSA) is 108 Å². The summed E-state index contributed by atoms with van der Waals surface area (Å²) in [5.74, 6) is -0.457. The molecule has 0 spiro atoms. The van der Waals surface area contributed by atoms with E-state index < -0.39 is 21.2 Å². The van der Waals surface area contributed by atoms with Crippen molar-refractivity contribution in [2.45, 2.75) is 28.8 Å². The van der Waals surface area contributed by atoms with Crippen molar-refractivity contribution in [3.05, 3.63) is 54.1 Å². The molecule has 1 amide bonds. The number of amides is 1. The molecule has 1 unspecified atom stereocenters. The maximum absolute atomic E-state index is 13.0. The molecular formula is C21H24N4O4S2. The Morgan fingerprint density at radius 3 is 2.55 bits per heavy atom. The lowest BCUT2D eigenvalue weighted by atomic mass is 10.1. The fraction of sp³-hybridized carbons (Fsp3) is 0.333.